The van der Waals surface area contributed by atoms with Gasteiger partial charge >= 0.3 is 0 Å². The number of hydrogen-bond acceptors (Lipinski definition) is 1. The van der Waals surface area contributed by atoms with Crippen LogP contribution in [0.15, 0.2) is 28.7 Å². The highest BCUT2D eigenvalue weighted by molar-refractivity contribution is 9.10. The molecule has 1 rings (SSSR count). The molecule has 0 saturated carbocycles. The fourth-order valence-electron chi connectivity index (χ4n) is 2.09. The molecule has 1 aromatic rings. The lowest BCUT2D eigenvalue weighted by atomic mass is 9.85. The molecular formula is C13H20BrN. The molecule has 84 valence electrons. The van der Waals surface area contributed by atoms with E-state index in [0.29, 0.717) is 11.8 Å². The van der Waals surface area contributed by atoms with Crippen molar-refractivity contribution in [2.24, 2.45) is 11.7 Å². The van der Waals surface area contributed by atoms with Crippen LogP contribution in [0.1, 0.15) is 38.2 Å². The summed E-state index contributed by atoms with van der Waals surface area (Å²) in [4.78, 5) is 0. The molecular weight excluding hydrogens is 250 g/mol. The maximum absolute atomic E-state index is 5.87. The lowest BCUT2D eigenvalue weighted by molar-refractivity contribution is 0.430. The van der Waals surface area contributed by atoms with Crippen molar-refractivity contribution in [2.75, 3.05) is 6.54 Å². The van der Waals surface area contributed by atoms with Crippen LogP contribution in [-0.4, -0.2) is 6.54 Å². The van der Waals surface area contributed by atoms with Crippen LogP contribution in [-0.2, 0) is 0 Å². The predicted molar refractivity (Wildman–Crippen MR) is 70.0 cm³/mol. The molecule has 1 aromatic carbocycles. The highest BCUT2D eigenvalue weighted by atomic mass is 79.9. The third kappa shape index (κ3) is 3.62. The Morgan fingerprint density at radius 2 is 2.13 bits per heavy atom. The monoisotopic (exact) mass is 269 g/mol. The molecule has 2 unspecified atom stereocenters. The first kappa shape index (κ1) is 12.7. The summed E-state index contributed by atoms with van der Waals surface area (Å²) in [6.45, 7) is 5.25. The van der Waals surface area contributed by atoms with Gasteiger partial charge in [-0.05, 0) is 36.1 Å². The summed E-state index contributed by atoms with van der Waals surface area (Å²) in [5.74, 6) is 1.15. The summed E-state index contributed by atoms with van der Waals surface area (Å²) in [7, 11) is 0. The molecule has 2 atom stereocenters. The number of nitrogens with two attached hydrogens (primary N) is 1. The van der Waals surface area contributed by atoms with Gasteiger partial charge in [-0.25, -0.2) is 0 Å². The Morgan fingerprint density at radius 1 is 1.40 bits per heavy atom. The smallest absolute Gasteiger partial charge is 0.0178 e. The van der Waals surface area contributed by atoms with Crippen LogP contribution < -0.4 is 5.73 Å². The van der Waals surface area contributed by atoms with E-state index in [0.717, 1.165) is 11.0 Å². The van der Waals surface area contributed by atoms with Crippen molar-refractivity contribution in [1.29, 1.82) is 0 Å². The minimum absolute atomic E-state index is 0.488. The van der Waals surface area contributed by atoms with Crippen molar-refractivity contribution in [3.63, 3.8) is 0 Å². The summed E-state index contributed by atoms with van der Waals surface area (Å²) < 4.78 is 1.14. The summed E-state index contributed by atoms with van der Waals surface area (Å²) >= 11 is 3.51. The maximum atomic E-state index is 5.87. The Hall–Kier alpha value is -0.340. The largest absolute Gasteiger partial charge is 0.330 e. The molecule has 0 saturated heterocycles. The first-order valence-electron chi connectivity index (χ1n) is 5.64. The second kappa shape index (κ2) is 6.29. The van der Waals surface area contributed by atoms with Gasteiger partial charge in [-0.15, -0.1) is 0 Å². The Kier molecular flexibility index (Phi) is 5.34. The van der Waals surface area contributed by atoms with Crippen LogP contribution in [0.2, 0.25) is 0 Å². The molecule has 0 aliphatic carbocycles. The van der Waals surface area contributed by atoms with Gasteiger partial charge in [0.1, 0.15) is 0 Å². The van der Waals surface area contributed by atoms with E-state index in [9.17, 15) is 0 Å². The topological polar surface area (TPSA) is 26.0 Å². The van der Waals surface area contributed by atoms with Crippen molar-refractivity contribution in [1.82, 2.24) is 0 Å². The van der Waals surface area contributed by atoms with Crippen LogP contribution in [0.25, 0.3) is 0 Å². The quantitative estimate of drug-likeness (QED) is 0.862. The average Bonchev–Trinajstić information content (AvgIpc) is 2.19. The molecule has 0 spiro atoms. The molecule has 0 bridgehead atoms. The second-order valence-electron chi connectivity index (χ2n) is 4.16. The lowest BCUT2D eigenvalue weighted by Crippen LogP contribution is -2.19. The summed E-state index contributed by atoms with van der Waals surface area (Å²) in [6.07, 6.45) is 2.47. The van der Waals surface area contributed by atoms with Gasteiger partial charge in [-0.1, -0.05) is 54.8 Å². The Morgan fingerprint density at radius 3 is 2.67 bits per heavy atom. The van der Waals surface area contributed by atoms with Crippen molar-refractivity contribution >= 4 is 15.9 Å². The first-order valence-corrected chi connectivity index (χ1v) is 6.43. The van der Waals surface area contributed by atoms with Gasteiger partial charge in [0, 0.05) is 4.47 Å². The molecule has 0 aliphatic heterocycles. The minimum atomic E-state index is 0.488. The predicted octanol–water partition coefficient (Wildman–Crippen LogP) is 3.93. The van der Waals surface area contributed by atoms with Gasteiger partial charge in [0.05, 0.1) is 0 Å². The van der Waals surface area contributed by atoms with E-state index in [1.54, 1.807) is 0 Å². The standard InChI is InChI=1S/C13H20BrN/c1-3-5-10(2)13(9-15)11-6-4-7-12(14)8-11/h4,6-8,10,13H,3,5,9,15H2,1-2H3. The Balaban J connectivity index is 2.82. The lowest BCUT2D eigenvalue weighted by Gasteiger charge is -2.22. The van der Waals surface area contributed by atoms with E-state index in [-0.39, 0.29) is 0 Å². The van der Waals surface area contributed by atoms with Crippen molar-refractivity contribution < 1.29 is 0 Å². The van der Waals surface area contributed by atoms with Gasteiger partial charge in [0.2, 0.25) is 0 Å². The zero-order valence-electron chi connectivity index (χ0n) is 9.54. The first-order chi connectivity index (χ1) is 7.19. The zero-order chi connectivity index (χ0) is 11.3. The Labute approximate surface area is 101 Å². The Bertz CT molecular complexity index is 298. The van der Waals surface area contributed by atoms with E-state index in [1.165, 1.54) is 18.4 Å². The highest BCUT2D eigenvalue weighted by Crippen LogP contribution is 2.28. The molecule has 1 nitrogen and oxygen atoms in total. The molecule has 0 radical (unpaired) electrons. The van der Waals surface area contributed by atoms with Crippen LogP contribution in [0.3, 0.4) is 0 Å². The van der Waals surface area contributed by atoms with Gasteiger partial charge in [0.15, 0.2) is 0 Å². The third-order valence-corrected chi connectivity index (χ3v) is 3.45. The summed E-state index contributed by atoms with van der Waals surface area (Å²) in [5, 5.41) is 0. The van der Waals surface area contributed by atoms with E-state index < -0.39 is 0 Å². The number of rotatable bonds is 5. The SMILES string of the molecule is CCCC(C)C(CN)c1cccc(Br)c1. The molecule has 0 aromatic heterocycles. The van der Waals surface area contributed by atoms with Crippen molar-refractivity contribution in [3.8, 4) is 0 Å². The average molecular weight is 270 g/mol. The summed E-state index contributed by atoms with van der Waals surface area (Å²) in [5.41, 5.74) is 7.23. The van der Waals surface area contributed by atoms with Gasteiger partial charge < -0.3 is 5.73 Å². The maximum Gasteiger partial charge on any atom is 0.0178 e. The van der Waals surface area contributed by atoms with Gasteiger partial charge in [-0.2, -0.15) is 0 Å². The minimum Gasteiger partial charge on any atom is -0.330 e. The molecule has 2 heteroatoms. The molecule has 0 aliphatic rings. The van der Waals surface area contributed by atoms with E-state index >= 15 is 0 Å². The normalized spacial score (nSPS) is 14.9. The van der Waals surface area contributed by atoms with Crippen LogP contribution >= 0.6 is 15.9 Å². The van der Waals surface area contributed by atoms with Crippen molar-refractivity contribution in [3.05, 3.63) is 34.3 Å². The highest BCUT2D eigenvalue weighted by Gasteiger charge is 2.16. The van der Waals surface area contributed by atoms with Gasteiger partial charge in [0.25, 0.3) is 0 Å². The van der Waals surface area contributed by atoms with Crippen LogP contribution in [0.5, 0.6) is 0 Å². The fraction of sp³-hybridized carbons (Fsp3) is 0.538. The molecule has 0 fully saturated rings. The van der Waals surface area contributed by atoms with E-state index in [4.69, 9.17) is 5.73 Å². The fourth-order valence-corrected chi connectivity index (χ4v) is 2.51. The molecule has 15 heavy (non-hydrogen) atoms. The number of hydrogen-bond donors (Lipinski definition) is 1. The summed E-state index contributed by atoms with van der Waals surface area (Å²) in [6, 6.07) is 8.50. The van der Waals surface area contributed by atoms with E-state index in [1.807, 2.05) is 0 Å². The van der Waals surface area contributed by atoms with Crippen LogP contribution in [0.4, 0.5) is 0 Å². The van der Waals surface area contributed by atoms with Gasteiger partial charge in [-0.3, -0.25) is 0 Å². The number of halogens is 1. The molecule has 0 heterocycles. The van der Waals surface area contributed by atoms with Crippen molar-refractivity contribution in [2.45, 2.75) is 32.6 Å². The zero-order valence-corrected chi connectivity index (χ0v) is 11.1. The van der Waals surface area contributed by atoms with Crippen LogP contribution in [0, 0.1) is 5.92 Å². The number of benzene rings is 1. The molecule has 2 N–H and O–H groups in total. The third-order valence-electron chi connectivity index (χ3n) is 2.96. The van der Waals surface area contributed by atoms with E-state index in [2.05, 4.69) is 54.0 Å². The molecule has 0 amide bonds. The second-order valence-corrected chi connectivity index (χ2v) is 5.08.